The first-order valence-electron chi connectivity index (χ1n) is 8.09. The molecule has 7 heteroatoms. The number of benzene rings is 2. The van der Waals surface area contributed by atoms with Crippen molar-refractivity contribution in [3.63, 3.8) is 0 Å². The molecule has 0 unspecified atom stereocenters. The third-order valence-corrected chi connectivity index (χ3v) is 4.22. The van der Waals surface area contributed by atoms with Crippen LogP contribution in [0.4, 0.5) is 4.39 Å². The zero-order valence-electron chi connectivity index (χ0n) is 13.7. The van der Waals surface area contributed by atoms with E-state index in [9.17, 15) is 14.0 Å². The van der Waals surface area contributed by atoms with Crippen LogP contribution in [0.2, 0.25) is 0 Å². The van der Waals surface area contributed by atoms with Gasteiger partial charge in [-0.15, -0.1) is 0 Å². The van der Waals surface area contributed by atoms with Crippen molar-refractivity contribution in [2.45, 2.75) is 13.1 Å². The number of aromatic amines is 1. The minimum atomic E-state index is -0.351. The lowest BCUT2D eigenvalue weighted by atomic mass is 10.2. The molecule has 0 fully saturated rings. The van der Waals surface area contributed by atoms with Crippen molar-refractivity contribution in [2.24, 2.45) is 0 Å². The Hall–Kier alpha value is -3.48. The van der Waals surface area contributed by atoms with Gasteiger partial charge in [0.15, 0.2) is 0 Å². The van der Waals surface area contributed by atoms with Crippen LogP contribution in [0.5, 0.6) is 0 Å². The van der Waals surface area contributed by atoms with E-state index in [1.54, 1.807) is 18.3 Å². The number of hydrogen-bond donors (Lipinski definition) is 2. The average Bonchev–Trinajstić information content (AvgIpc) is 3.03. The highest BCUT2D eigenvalue weighted by Crippen LogP contribution is 2.21. The summed E-state index contributed by atoms with van der Waals surface area (Å²) in [6, 6.07) is 13.4. The fourth-order valence-corrected chi connectivity index (χ4v) is 2.88. The molecule has 4 aromatic rings. The standard InChI is InChI=1S/C19H15FN4O2/c20-13-7-5-12(6-8-13)9-21-17(25)11-24-19(26)18-15(10-22-24)14-3-1-2-4-16(14)23-18/h1-8,10,23H,9,11H2,(H,21,25). The van der Waals surface area contributed by atoms with Gasteiger partial charge in [0, 0.05) is 22.8 Å². The lowest BCUT2D eigenvalue weighted by Gasteiger charge is -2.07. The summed E-state index contributed by atoms with van der Waals surface area (Å²) < 4.78 is 14.0. The zero-order valence-corrected chi connectivity index (χ0v) is 13.7. The van der Waals surface area contributed by atoms with E-state index in [1.165, 1.54) is 12.1 Å². The molecule has 2 heterocycles. The molecule has 0 spiro atoms. The van der Waals surface area contributed by atoms with Crippen molar-refractivity contribution < 1.29 is 9.18 Å². The number of fused-ring (bicyclic) bond motifs is 3. The Morgan fingerprint density at radius 2 is 1.88 bits per heavy atom. The molecular weight excluding hydrogens is 335 g/mol. The van der Waals surface area contributed by atoms with Crippen LogP contribution in [0.25, 0.3) is 21.8 Å². The van der Waals surface area contributed by atoms with Crippen molar-refractivity contribution in [3.05, 3.63) is 76.5 Å². The Morgan fingerprint density at radius 3 is 2.69 bits per heavy atom. The quantitative estimate of drug-likeness (QED) is 0.593. The summed E-state index contributed by atoms with van der Waals surface area (Å²) in [5.41, 5.74) is 1.69. The predicted octanol–water partition coefficient (Wildman–Crippen LogP) is 2.33. The van der Waals surface area contributed by atoms with Crippen LogP contribution < -0.4 is 10.9 Å². The van der Waals surface area contributed by atoms with Gasteiger partial charge in [-0.05, 0) is 23.8 Å². The third-order valence-electron chi connectivity index (χ3n) is 4.22. The van der Waals surface area contributed by atoms with Crippen LogP contribution in [0.15, 0.2) is 59.5 Å². The summed E-state index contributed by atoms with van der Waals surface area (Å²) in [4.78, 5) is 27.8. The molecule has 0 radical (unpaired) electrons. The Labute approximate surface area is 147 Å². The number of carbonyl (C=O) groups excluding carboxylic acids is 1. The molecule has 0 aliphatic heterocycles. The molecule has 0 aliphatic rings. The maximum absolute atomic E-state index is 12.9. The van der Waals surface area contributed by atoms with E-state index in [1.807, 2.05) is 24.3 Å². The van der Waals surface area contributed by atoms with Crippen molar-refractivity contribution in [1.82, 2.24) is 20.1 Å². The van der Waals surface area contributed by atoms with E-state index in [4.69, 9.17) is 0 Å². The molecular formula is C19H15FN4O2. The predicted molar refractivity (Wildman–Crippen MR) is 96.1 cm³/mol. The number of aromatic nitrogens is 3. The molecule has 2 aromatic carbocycles. The van der Waals surface area contributed by atoms with E-state index in [-0.39, 0.29) is 30.4 Å². The Bertz CT molecular complexity index is 1160. The number of rotatable bonds is 4. The van der Waals surface area contributed by atoms with Gasteiger partial charge in [0.1, 0.15) is 17.9 Å². The lowest BCUT2D eigenvalue weighted by molar-refractivity contribution is -0.122. The van der Waals surface area contributed by atoms with E-state index in [0.29, 0.717) is 5.52 Å². The largest absolute Gasteiger partial charge is 0.350 e. The summed E-state index contributed by atoms with van der Waals surface area (Å²) in [6.45, 7) is 0.0633. The van der Waals surface area contributed by atoms with E-state index < -0.39 is 0 Å². The van der Waals surface area contributed by atoms with Crippen LogP contribution in [0, 0.1) is 5.82 Å². The van der Waals surface area contributed by atoms with Gasteiger partial charge in [0.2, 0.25) is 5.91 Å². The van der Waals surface area contributed by atoms with Crippen LogP contribution in [0.1, 0.15) is 5.56 Å². The molecule has 26 heavy (non-hydrogen) atoms. The molecule has 1 amide bonds. The molecule has 0 saturated carbocycles. The topological polar surface area (TPSA) is 79.8 Å². The van der Waals surface area contributed by atoms with Crippen molar-refractivity contribution in [2.75, 3.05) is 0 Å². The number of nitrogens with one attached hydrogen (secondary N) is 2. The second-order valence-corrected chi connectivity index (χ2v) is 5.97. The molecule has 0 aliphatic carbocycles. The number of H-pyrrole nitrogens is 1. The summed E-state index contributed by atoms with van der Waals surface area (Å²) >= 11 is 0. The first-order chi connectivity index (χ1) is 12.6. The highest BCUT2D eigenvalue weighted by atomic mass is 19.1. The Balaban J connectivity index is 1.54. The highest BCUT2D eigenvalue weighted by molar-refractivity contribution is 6.06. The van der Waals surface area contributed by atoms with Gasteiger partial charge in [0.05, 0.1) is 6.20 Å². The molecule has 0 saturated heterocycles. The summed E-state index contributed by atoms with van der Waals surface area (Å²) in [6.07, 6.45) is 1.59. The number of para-hydroxylation sites is 1. The molecule has 0 bridgehead atoms. The molecule has 2 aromatic heterocycles. The van der Waals surface area contributed by atoms with Gasteiger partial charge in [0.25, 0.3) is 5.56 Å². The number of carbonyl (C=O) groups is 1. The van der Waals surface area contributed by atoms with Gasteiger partial charge in [-0.25, -0.2) is 9.07 Å². The second-order valence-electron chi connectivity index (χ2n) is 5.97. The van der Waals surface area contributed by atoms with Gasteiger partial charge in [-0.2, -0.15) is 5.10 Å². The minimum absolute atomic E-state index is 0.189. The number of amides is 1. The second kappa shape index (κ2) is 6.44. The van der Waals surface area contributed by atoms with Crippen molar-refractivity contribution in [1.29, 1.82) is 0 Å². The Morgan fingerprint density at radius 1 is 1.12 bits per heavy atom. The molecule has 4 rings (SSSR count). The van der Waals surface area contributed by atoms with Gasteiger partial charge < -0.3 is 10.3 Å². The van der Waals surface area contributed by atoms with Crippen LogP contribution in [-0.4, -0.2) is 20.7 Å². The number of nitrogens with zero attached hydrogens (tertiary/aromatic N) is 2. The molecule has 2 N–H and O–H groups in total. The maximum atomic E-state index is 12.9. The molecule has 130 valence electrons. The fourth-order valence-electron chi connectivity index (χ4n) is 2.88. The van der Waals surface area contributed by atoms with Crippen LogP contribution in [-0.2, 0) is 17.9 Å². The monoisotopic (exact) mass is 350 g/mol. The van der Waals surface area contributed by atoms with Crippen LogP contribution in [0.3, 0.4) is 0 Å². The number of hydrogen-bond acceptors (Lipinski definition) is 3. The average molecular weight is 350 g/mol. The van der Waals surface area contributed by atoms with Crippen LogP contribution >= 0.6 is 0 Å². The van der Waals surface area contributed by atoms with Crippen molar-refractivity contribution >= 4 is 27.7 Å². The normalized spacial score (nSPS) is 11.1. The first-order valence-corrected chi connectivity index (χ1v) is 8.09. The van der Waals surface area contributed by atoms with Gasteiger partial charge in [-0.1, -0.05) is 30.3 Å². The third kappa shape index (κ3) is 2.95. The smallest absolute Gasteiger partial charge is 0.291 e. The lowest BCUT2D eigenvalue weighted by Crippen LogP contribution is -2.33. The van der Waals surface area contributed by atoms with Gasteiger partial charge in [-0.3, -0.25) is 9.59 Å². The van der Waals surface area contributed by atoms with E-state index in [0.717, 1.165) is 26.5 Å². The fraction of sp³-hybridized carbons (Fsp3) is 0.105. The minimum Gasteiger partial charge on any atom is -0.350 e. The zero-order chi connectivity index (χ0) is 18.1. The summed E-state index contributed by atoms with van der Waals surface area (Å²) in [5, 5.41) is 8.45. The number of halogens is 1. The Kier molecular flexibility index (Phi) is 3.96. The van der Waals surface area contributed by atoms with E-state index >= 15 is 0 Å². The summed E-state index contributed by atoms with van der Waals surface area (Å²) in [5.74, 6) is -0.679. The molecule has 0 atom stereocenters. The van der Waals surface area contributed by atoms with E-state index in [2.05, 4.69) is 15.4 Å². The van der Waals surface area contributed by atoms with Crippen molar-refractivity contribution in [3.8, 4) is 0 Å². The maximum Gasteiger partial charge on any atom is 0.291 e. The SMILES string of the molecule is O=C(Cn1ncc2c([nH]c3ccccc32)c1=O)NCc1ccc(F)cc1. The highest BCUT2D eigenvalue weighted by Gasteiger charge is 2.12. The van der Waals surface area contributed by atoms with Gasteiger partial charge >= 0.3 is 0 Å². The summed E-state index contributed by atoms with van der Waals surface area (Å²) in [7, 11) is 0. The first kappa shape index (κ1) is 16.0. The molecule has 6 nitrogen and oxygen atoms in total.